The van der Waals surface area contributed by atoms with Crippen LogP contribution in [0.1, 0.15) is 87.7 Å². The molecule has 4 heteroatoms. The van der Waals surface area contributed by atoms with Gasteiger partial charge in [-0.25, -0.2) is 4.79 Å². The van der Waals surface area contributed by atoms with E-state index in [1.54, 1.807) is 6.07 Å². The number of nitrogens with zero attached hydrogens (tertiary/aromatic N) is 1. The Bertz CT molecular complexity index is 878. The van der Waals surface area contributed by atoms with Gasteiger partial charge in [0.05, 0.1) is 5.56 Å². The predicted molar refractivity (Wildman–Crippen MR) is 119 cm³/mol. The van der Waals surface area contributed by atoms with Crippen molar-refractivity contribution in [2.75, 3.05) is 0 Å². The van der Waals surface area contributed by atoms with Gasteiger partial charge in [0.15, 0.2) is 0 Å². The summed E-state index contributed by atoms with van der Waals surface area (Å²) in [5, 5.41) is 9.32. The Morgan fingerprint density at radius 1 is 1.10 bits per heavy atom. The Morgan fingerprint density at radius 2 is 1.80 bits per heavy atom. The van der Waals surface area contributed by atoms with Crippen molar-refractivity contribution in [3.8, 4) is 0 Å². The molecule has 3 unspecified atom stereocenters. The number of hydrogen-bond donors (Lipinski definition) is 1. The van der Waals surface area contributed by atoms with E-state index in [2.05, 4.69) is 51.7 Å². The van der Waals surface area contributed by atoms with Crippen molar-refractivity contribution in [1.29, 1.82) is 0 Å². The second-order valence-electron chi connectivity index (χ2n) is 10.4. The Labute approximate surface area is 180 Å². The van der Waals surface area contributed by atoms with Gasteiger partial charge < -0.3 is 10.0 Å². The third kappa shape index (κ3) is 3.19. The van der Waals surface area contributed by atoms with Gasteiger partial charge in [-0.3, -0.25) is 4.79 Å². The molecule has 0 radical (unpaired) electrons. The fourth-order valence-electron chi connectivity index (χ4n) is 6.92. The van der Waals surface area contributed by atoms with Gasteiger partial charge >= 0.3 is 5.97 Å². The summed E-state index contributed by atoms with van der Waals surface area (Å²) in [5.74, 6) is 0.964. The third-order valence-corrected chi connectivity index (χ3v) is 8.23. The van der Waals surface area contributed by atoms with Crippen molar-refractivity contribution >= 4 is 18.0 Å². The molecule has 3 aliphatic rings. The molecule has 30 heavy (non-hydrogen) atoms. The summed E-state index contributed by atoms with van der Waals surface area (Å²) in [6.07, 6.45) is 8.65. The molecule has 0 heterocycles. The van der Waals surface area contributed by atoms with Crippen LogP contribution in [0.3, 0.4) is 0 Å². The smallest absolute Gasteiger partial charge is 0.335 e. The lowest BCUT2D eigenvalue weighted by Crippen LogP contribution is -2.50. The lowest BCUT2D eigenvalue weighted by atomic mass is 9.55. The molecular weight excluding hydrogens is 374 g/mol. The zero-order valence-electron chi connectivity index (χ0n) is 18.9. The Balaban J connectivity index is 1.62. The Hall–Kier alpha value is -2.10. The molecule has 162 valence electrons. The molecular formula is C26H35NO3. The molecule has 4 nitrogen and oxygen atoms in total. The van der Waals surface area contributed by atoms with Crippen LogP contribution in [0.2, 0.25) is 0 Å². The van der Waals surface area contributed by atoms with Crippen LogP contribution in [-0.4, -0.2) is 34.0 Å². The quantitative estimate of drug-likeness (QED) is 0.706. The summed E-state index contributed by atoms with van der Waals surface area (Å²) in [7, 11) is 0. The molecule has 0 bridgehead atoms. The molecule has 4 rings (SSSR count). The number of carboxylic acid groups (broad SMARTS) is 1. The second kappa shape index (κ2) is 7.55. The number of carbonyl (C=O) groups is 2. The minimum Gasteiger partial charge on any atom is -0.478 e. The number of carbonyl (C=O) groups excluding carboxylic acids is 1. The van der Waals surface area contributed by atoms with Crippen LogP contribution in [0.4, 0.5) is 0 Å². The van der Waals surface area contributed by atoms with Crippen LogP contribution >= 0.6 is 0 Å². The number of carboxylic acids is 1. The van der Waals surface area contributed by atoms with Crippen molar-refractivity contribution < 1.29 is 14.7 Å². The van der Waals surface area contributed by atoms with Crippen molar-refractivity contribution in [3.63, 3.8) is 0 Å². The van der Waals surface area contributed by atoms with Gasteiger partial charge in [0.1, 0.15) is 0 Å². The third-order valence-electron chi connectivity index (χ3n) is 8.23. The highest BCUT2D eigenvalue weighted by Gasteiger charge is 2.56. The average molecular weight is 410 g/mol. The first-order valence-corrected chi connectivity index (χ1v) is 11.5. The van der Waals surface area contributed by atoms with E-state index < -0.39 is 5.97 Å². The van der Waals surface area contributed by atoms with E-state index in [-0.39, 0.29) is 23.4 Å². The summed E-state index contributed by atoms with van der Waals surface area (Å²) in [6, 6.07) is 6.03. The highest BCUT2D eigenvalue weighted by Crippen LogP contribution is 2.62. The fourth-order valence-corrected chi connectivity index (χ4v) is 6.92. The first-order valence-electron chi connectivity index (χ1n) is 11.5. The average Bonchev–Trinajstić information content (AvgIpc) is 3.03. The van der Waals surface area contributed by atoms with E-state index in [4.69, 9.17) is 0 Å². The van der Waals surface area contributed by atoms with Crippen LogP contribution in [-0.2, 0) is 4.79 Å². The maximum atomic E-state index is 13.6. The van der Waals surface area contributed by atoms with Crippen LogP contribution < -0.4 is 0 Å². The number of allylic oxidation sites excluding steroid dienone is 1. The van der Waals surface area contributed by atoms with E-state index >= 15 is 0 Å². The normalized spacial score (nSPS) is 32.0. The lowest BCUT2D eigenvalue weighted by molar-refractivity contribution is -0.144. The molecule has 1 amide bonds. The van der Waals surface area contributed by atoms with Crippen molar-refractivity contribution in [2.45, 2.75) is 78.3 Å². The maximum absolute atomic E-state index is 13.6. The van der Waals surface area contributed by atoms with Gasteiger partial charge in [-0.2, -0.15) is 0 Å². The van der Waals surface area contributed by atoms with E-state index in [1.807, 2.05) is 12.1 Å². The zero-order chi connectivity index (χ0) is 21.8. The summed E-state index contributed by atoms with van der Waals surface area (Å²) in [4.78, 5) is 27.0. The first kappa shape index (κ1) is 21.1. The Morgan fingerprint density at radius 3 is 2.43 bits per heavy atom. The molecule has 2 fully saturated rings. The number of fused-ring (bicyclic) bond motifs is 5. The summed E-state index contributed by atoms with van der Waals surface area (Å²) in [6.45, 7) is 10.8. The molecule has 2 saturated carbocycles. The molecule has 0 spiro atoms. The summed E-state index contributed by atoms with van der Waals surface area (Å²) in [5.41, 5.74) is 2.74. The second-order valence-corrected chi connectivity index (χ2v) is 10.4. The highest BCUT2D eigenvalue weighted by molar-refractivity contribution is 5.88. The van der Waals surface area contributed by atoms with Gasteiger partial charge in [-0.15, -0.1) is 0 Å². The molecule has 0 saturated heterocycles. The lowest BCUT2D eigenvalue weighted by Gasteiger charge is -2.50. The zero-order valence-corrected chi connectivity index (χ0v) is 18.9. The van der Waals surface area contributed by atoms with Crippen LogP contribution in [0, 0.1) is 23.2 Å². The van der Waals surface area contributed by atoms with Gasteiger partial charge in [0.25, 0.3) is 0 Å². The Kier molecular flexibility index (Phi) is 5.32. The number of rotatable bonds is 4. The standard InChI is InChI=1S/C26H35NO3/c1-15(2)27(16(3)4)24(28)23-11-10-22-21-9-6-17-14-18(25(29)30)7-8-19(17)20(21)12-13-26(22,23)5/h6-9,14-16,20-23H,10-13H2,1-5H3,(H,29,30)/t20?,21?,22?,23-,26+/m1/s1. The van der Waals surface area contributed by atoms with Crippen molar-refractivity contribution in [3.05, 3.63) is 41.0 Å². The molecule has 1 aromatic carbocycles. The minimum atomic E-state index is -0.874. The molecule has 1 aromatic rings. The van der Waals surface area contributed by atoms with E-state index in [0.29, 0.717) is 29.2 Å². The maximum Gasteiger partial charge on any atom is 0.335 e. The van der Waals surface area contributed by atoms with Crippen molar-refractivity contribution in [1.82, 2.24) is 4.90 Å². The number of benzene rings is 1. The van der Waals surface area contributed by atoms with E-state index in [1.165, 1.54) is 5.56 Å². The first-order chi connectivity index (χ1) is 14.1. The van der Waals surface area contributed by atoms with Crippen molar-refractivity contribution in [2.24, 2.45) is 23.2 Å². The van der Waals surface area contributed by atoms with Crippen LogP contribution in [0.5, 0.6) is 0 Å². The number of hydrogen-bond acceptors (Lipinski definition) is 2. The highest BCUT2D eigenvalue weighted by atomic mass is 16.4. The monoisotopic (exact) mass is 409 g/mol. The van der Waals surface area contributed by atoms with Gasteiger partial charge in [-0.1, -0.05) is 25.1 Å². The largest absolute Gasteiger partial charge is 0.478 e. The van der Waals surface area contributed by atoms with Crippen LogP contribution in [0.25, 0.3) is 6.08 Å². The van der Waals surface area contributed by atoms with Crippen LogP contribution in [0.15, 0.2) is 24.3 Å². The molecule has 5 atom stereocenters. The molecule has 0 aromatic heterocycles. The van der Waals surface area contributed by atoms with Gasteiger partial charge in [0, 0.05) is 18.0 Å². The minimum absolute atomic E-state index is 0.0448. The SMILES string of the molecule is CC(C)N(C(=O)[C@H]1CCC2C3C=Cc4cc(C(=O)O)ccc4C3CC[C@@]21C)C(C)C. The fraction of sp³-hybridized carbons (Fsp3) is 0.615. The van der Waals surface area contributed by atoms with E-state index in [0.717, 1.165) is 31.2 Å². The molecule has 3 aliphatic carbocycles. The van der Waals surface area contributed by atoms with Gasteiger partial charge in [0.2, 0.25) is 5.91 Å². The topological polar surface area (TPSA) is 57.6 Å². The summed E-state index contributed by atoms with van der Waals surface area (Å²) < 4.78 is 0. The number of amides is 1. The molecule has 0 aliphatic heterocycles. The van der Waals surface area contributed by atoms with E-state index in [9.17, 15) is 14.7 Å². The van der Waals surface area contributed by atoms with Gasteiger partial charge in [-0.05, 0) is 99.8 Å². The number of aromatic carboxylic acids is 1. The molecule has 1 N–H and O–H groups in total. The predicted octanol–water partition coefficient (Wildman–Crippen LogP) is 5.58. The summed E-state index contributed by atoms with van der Waals surface area (Å²) >= 11 is 0.